The average molecular weight is 288 g/mol. The first-order valence-electron chi connectivity index (χ1n) is 5.72. The normalized spacial score (nSPS) is 10.4. The number of thiazole rings is 1. The van der Waals surface area contributed by atoms with Gasteiger partial charge in [-0.1, -0.05) is 47.2 Å². The molecule has 3 rings (SSSR count). The molecule has 0 bridgehead atoms. The van der Waals surface area contributed by atoms with Crippen molar-refractivity contribution >= 4 is 33.9 Å². The van der Waals surface area contributed by atoms with Crippen molar-refractivity contribution in [2.45, 2.75) is 0 Å². The number of hydrogen-bond donors (Lipinski definition) is 1. The maximum atomic E-state index is 6.17. The number of rotatable bonds is 3. The molecule has 2 heterocycles. The standard InChI is InChI=1S/C14H10ClN3S/c15-11-6-2-1-5-10(11)12-9-17-14(19-12)18-13-7-3-4-8-16-13/h1-9H,(H,16,17,18). The lowest BCUT2D eigenvalue weighted by Gasteiger charge is -2.00. The van der Waals surface area contributed by atoms with E-state index in [2.05, 4.69) is 15.3 Å². The molecule has 3 nitrogen and oxygen atoms in total. The van der Waals surface area contributed by atoms with Crippen molar-refractivity contribution in [1.29, 1.82) is 0 Å². The molecule has 0 spiro atoms. The highest BCUT2D eigenvalue weighted by Crippen LogP contribution is 2.34. The third kappa shape index (κ3) is 2.75. The summed E-state index contributed by atoms with van der Waals surface area (Å²) in [7, 11) is 0. The highest BCUT2D eigenvalue weighted by atomic mass is 35.5. The largest absolute Gasteiger partial charge is 0.316 e. The Labute approximate surface area is 119 Å². The Morgan fingerprint density at radius 1 is 1.00 bits per heavy atom. The number of hydrogen-bond acceptors (Lipinski definition) is 4. The molecule has 0 atom stereocenters. The van der Waals surface area contributed by atoms with Gasteiger partial charge in [-0.15, -0.1) is 0 Å². The Balaban J connectivity index is 1.86. The van der Waals surface area contributed by atoms with Crippen LogP contribution in [-0.2, 0) is 0 Å². The minimum absolute atomic E-state index is 0.732. The fraction of sp³-hybridized carbons (Fsp3) is 0. The van der Waals surface area contributed by atoms with Gasteiger partial charge < -0.3 is 5.32 Å². The van der Waals surface area contributed by atoms with E-state index in [4.69, 9.17) is 11.6 Å². The van der Waals surface area contributed by atoms with Crippen LogP contribution in [0, 0.1) is 0 Å². The number of pyridine rings is 1. The summed E-state index contributed by atoms with van der Waals surface area (Å²) < 4.78 is 0. The van der Waals surface area contributed by atoms with E-state index in [-0.39, 0.29) is 0 Å². The SMILES string of the molecule is Clc1ccccc1-c1cnc(Nc2ccccn2)s1. The zero-order chi connectivity index (χ0) is 13.1. The Kier molecular flexibility index (Phi) is 3.44. The maximum absolute atomic E-state index is 6.17. The van der Waals surface area contributed by atoms with Crippen LogP contribution >= 0.6 is 22.9 Å². The van der Waals surface area contributed by atoms with E-state index < -0.39 is 0 Å². The van der Waals surface area contributed by atoms with Gasteiger partial charge in [0.2, 0.25) is 0 Å². The minimum atomic E-state index is 0.732. The minimum Gasteiger partial charge on any atom is -0.316 e. The number of aromatic nitrogens is 2. The number of nitrogens with zero attached hydrogens (tertiary/aromatic N) is 2. The van der Waals surface area contributed by atoms with Gasteiger partial charge in [-0.05, 0) is 18.2 Å². The summed E-state index contributed by atoms with van der Waals surface area (Å²) in [4.78, 5) is 9.57. The molecule has 19 heavy (non-hydrogen) atoms. The monoisotopic (exact) mass is 287 g/mol. The molecule has 0 aliphatic carbocycles. The van der Waals surface area contributed by atoms with Crippen LogP contribution in [0.4, 0.5) is 10.9 Å². The van der Waals surface area contributed by atoms with Crippen LogP contribution in [0.1, 0.15) is 0 Å². The second-order valence-electron chi connectivity index (χ2n) is 3.85. The first-order chi connectivity index (χ1) is 9.33. The van der Waals surface area contributed by atoms with Crippen LogP contribution in [0.5, 0.6) is 0 Å². The van der Waals surface area contributed by atoms with Crippen LogP contribution in [0.25, 0.3) is 10.4 Å². The Bertz CT molecular complexity index is 682. The zero-order valence-corrected chi connectivity index (χ0v) is 11.4. The second kappa shape index (κ2) is 5.38. The first-order valence-corrected chi connectivity index (χ1v) is 6.91. The van der Waals surface area contributed by atoms with Crippen molar-refractivity contribution < 1.29 is 0 Å². The molecule has 0 fully saturated rings. The molecule has 94 valence electrons. The van der Waals surface area contributed by atoms with Gasteiger partial charge in [0.15, 0.2) is 5.13 Å². The predicted molar refractivity (Wildman–Crippen MR) is 80.1 cm³/mol. The van der Waals surface area contributed by atoms with E-state index in [9.17, 15) is 0 Å². The third-order valence-electron chi connectivity index (χ3n) is 2.54. The van der Waals surface area contributed by atoms with Crippen molar-refractivity contribution in [3.05, 3.63) is 59.9 Å². The van der Waals surface area contributed by atoms with Crippen molar-refractivity contribution in [2.24, 2.45) is 0 Å². The number of halogens is 1. The average Bonchev–Trinajstić information content (AvgIpc) is 2.89. The van der Waals surface area contributed by atoms with Gasteiger partial charge in [0.25, 0.3) is 0 Å². The predicted octanol–water partition coefficient (Wildman–Crippen LogP) is 4.60. The van der Waals surface area contributed by atoms with Crippen LogP contribution in [0.2, 0.25) is 5.02 Å². The lowest BCUT2D eigenvalue weighted by molar-refractivity contribution is 1.29. The molecule has 2 aromatic heterocycles. The lowest BCUT2D eigenvalue weighted by atomic mass is 10.2. The lowest BCUT2D eigenvalue weighted by Crippen LogP contribution is -1.90. The van der Waals surface area contributed by atoms with Gasteiger partial charge in [0.1, 0.15) is 5.82 Å². The van der Waals surface area contributed by atoms with Gasteiger partial charge in [-0.2, -0.15) is 0 Å². The van der Waals surface area contributed by atoms with Crippen molar-refractivity contribution in [3.8, 4) is 10.4 Å². The summed E-state index contributed by atoms with van der Waals surface area (Å²) >= 11 is 7.72. The molecule has 0 radical (unpaired) electrons. The van der Waals surface area contributed by atoms with Gasteiger partial charge in [0.05, 0.1) is 4.88 Å². The zero-order valence-electron chi connectivity index (χ0n) is 9.88. The fourth-order valence-electron chi connectivity index (χ4n) is 1.66. The summed E-state index contributed by atoms with van der Waals surface area (Å²) in [6.45, 7) is 0. The van der Waals surface area contributed by atoms with Crippen LogP contribution in [0.15, 0.2) is 54.9 Å². The summed E-state index contributed by atoms with van der Waals surface area (Å²) in [5, 5.41) is 4.70. The summed E-state index contributed by atoms with van der Waals surface area (Å²) in [5.41, 5.74) is 0.996. The van der Waals surface area contributed by atoms with Crippen molar-refractivity contribution in [2.75, 3.05) is 5.32 Å². The highest BCUT2D eigenvalue weighted by molar-refractivity contribution is 7.19. The molecule has 0 unspecified atom stereocenters. The van der Waals surface area contributed by atoms with Crippen molar-refractivity contribution in [1.82, 2.24) is 9.97 Å². The van der Waals surface area contributed by atoms with Gasteiger partial charge in [-0.25, -0.2) is 9.97 Å². The number of nitrogens with one attached hydrogen (secondary N) is 1. The second-order valence-corrected chi connectivity index (χ2v) is 5.29. The summed E-state index contributed by atoms with van der Waals surface area (Å²) in [6, 6.07) is 13.5. The Morgan fingerprint density at radius 3 is 2.63 bits per heavy atom. The molecule has 1 N–H and O–H groups in total. The fourth-order valence-corrected chi connectivity index (χ4v) is 2.82. The molecule has 0 saturated heterocycles. The molecule has 0 amide bonds. The van der Waals surface area contributed by atoms with Gasteiger partial charge in [-0.3, -0.25) is 0 Å². The van der Waals surface area contributed by atoms with Crippen LogP contribution in [-0.4, -0.2) is 9.97 Å². The molecular formula is C14H10ClN3S. The highest BCUT2D eigenvalue weighted by Gasteiger charge is 2.07. The van der Waals surface area contributed by atoms with Crippen LogP contribution in [0.3, 0.4) is 0 Å². The molecule has 0 aliphatic heterocycles. The third-order valence-corrected chi connectivity index (χ3v) is 3.82. The topological polar surface area (TPSA) is 37.8 Å². The molecular weight excluding hydrogens is 278 g/mol. The van der Waals surface area contributed by atoms with E-state index in [1.54, 1.807) is 17.5 Å². The van der Waals surface area contributed by atoms with Gasteiger partial charge in [0, 0.05) is 23.0 Å². The number of anilines is 2. The molecule has 0 aliphatic rings. The quantitative estimate of drug-likeness (QED) is 0.765. The van der Waals surface area contributed by atoms with Crippen molar-refractivity contribution in [3.63, 3.8) is 0 Å². The Morgan fingerprint density at radius 2 is 1.84 bits per heavy atom. The Hall–Kier alpha value is -1.91. The summed E-state index contributed by atoms with van der Waals surface area (Å²) in [5.74, 6) is 0.780. The smallest absolute Gasteiger partial charge is 0.188 e. The molecule has 1 aromatic carbocycles. The maximum Gasteiger partial charge on any atom is 0.188 e. The van der Waals surface area contributed by atoms with Gasteiger partial charge >= 0.3 is 0 Å². The molecule has 0 saturated carbocycles. The van der Waals surface area contributed by atoms with E-state index in [1.807, 2.05) is 48.7 Å². The van der Waals surface area contributed by atoms with E-state index in [0.29, 0.717) is 0 Å². The number of benzene rings is 1. The first kappa shape index (κ1) is 12.1. The van der Waals surface area contributed by atoms with E-state index in [1.165, 1.54) is 0 Å². The van der Waals surface area contributed by atoms with E-state index >= 15 is 0 Å². The van der Waals surface area contributed by atoms with Crippen LogP contribution < -0.4 is 5.32 Å². The molecule has 5 heteroatoms. The summed E-state index contributed by atoms with van der Waals surface area (Å²) in [6.07, 6.45) is 3.56. The molecule has 3 aromatic rings. The van der Waals surface area contributed by atoms with E-state index in [0.717, 1.165) is 26.4 Å².